The molecule has 0 aromatic heterocycles. The van der Waals surface area contributed by atoms with Crippen LogP contribution in [0.4, 0.5) is 0 Å². The van der Waals surface area contributed by atoms with Crippen LogP contribution >= 0.6 is 0 Å². The Bertz CT molecular complexity index is 352. The van der Waals surface area contributed by atoms with E-state index in [-0.39, 0.29) is 0 Å². The Labute approximate surface area is 165 Å². The molecule has 0 saturated heterocycles. The molecule has 0 aliphatic heterocycles. The molecule has 0 amide bonds. The molecule has 0 bridgehead atoms. The summed E-state index contributed by atoms with van der Waals surface area (Å²) in [6.07, 6.45) is 17.6. The molecule has 0 aromatic carbocycles. The van der Waals surface area contributed by atoms with Gasteiger partial charge in [-0.05, 0) is 0 Å². The Morgan fingerprint density at radius 2 is 1.28 bits per heavy atom. The third-order valence-electron chi connectivity index (χ3n) is 6.55. The van der Waals surface area contributed by atoms with Crippen molar-refractivity contribution in [3.05, 3.63) is 11.3 Å². The summed E-state index contributed by atoms with van der Waals surface area (Å²) in [6.45, 7) is 15.1. The van der Waals surface area contributed by atoms with E-state index in [0.717, 1.165) is 5.92 Å². The molecule has 1 fully saturated rings. The minimum absolute atomic E-state index is 0.939. The maximum absolute atomic E-state index is 2.86. The van der Waals surface area contributed by atoms with Crippen molar-refractivity contribution in [1.29, 1.82) is 0 Å². The van der Waals surface area contributed by atoms with Crippen LogP contribution in [0.2, 0.25) is 37.4 Å². The molecule has 0 N–H and O–H groups in total. The zero-order valence-corrected chi connectivity index (χ0v) is 22.4. The zero-order valence-electron chi connectivity index (χ0n) is 18.6. The fourth-order valence-electron chi connectivity index (χ4n) is 4.68. The first-order valence-corrected chi connectivity index (χ1v) is 23.2. The first-order chi connectivity index (χ1) is 11.9. The summed E-state index contributed by atoms with van der Waals surface area (Å²) < 4.78 is 6.67. The van der Waals surface area contributed by atoms with Gasteiger partial charge in [0.2, 0.25) is 0 Å². The quantitative estimate of drug-likeness (QED) is 0.235. The van der Waals surface area contributed by atoms with Crippen LogP contribution in [-0.4, -0.2) is 26.5 Å². The van der Waals surface area contributed by atoms with E-state index in [1.807, 2.05) is 5.20 Å². The fourth-order valence-corrected chi connectivity index (χ4v) is 28.8. The molecule has 0 nitrogen and oxygen atoms in total. The summed E-state index contributed by atoms with van der Waals surface area (Å²) in [7, 11) is -1.17. The van der Waals surface area contributed by atoms with Crippen LogP contribution in [0.25, 0.3) is 0 Å². The summed E-state index contributed by atoms with van der Waals surface area (Å²) in [5.41, 5.74) is 0. The van der Waals surface area contributed by atoms with Gasteiger partial charge in [-0.2, -0.15) is 0 Å². The van der Waals surface area contributed by atoms with Crippen molar-refractivity contribution in [2.45, 2.75) is 122 Å². The second-order valence-electron chi connectivity index (χ2n) is 9.97. The Morgan fingerprint density at radius 1 is 0.840 bits per heavy atom. The molecule has 0 aromatic rings. The van der Waals surface area contributed by atoms with Crippen LogP contribution in [-0.2, 0) is 0 Å². The first-order valence-electron chi connectivity index (χ1n) is 11.6. The van der Waals surface area contributed by atoms with E-state index in [4.69, 9.17) is 0 Å². The number of unbranched alkanes of at least 4 members (excludes halogenated alkanes) is 3. The molecule has 1 aliphatic rings. The van der Waals surface area contributed by atoms with E-state index in [0.29, 0.717) is 0 Å². The fraction of sp³-hybridized carbons (Fsp3) is 0.913. The van der Waals surface area contributed by atoms with Crippen LogP contribution in [0.1, 0.15) is 85.0 Å². The molecule has 1 rings (SSSR count). The van der Waals surface area contributed by atoms with E-state index in [2.05, 4.69) is 46.5 Å². The van der Waals surface area contributed by atoms with Gasteiger partial charge in [0.1, 0.15) is 0 Å². The van der Waals surface area contributed by atoms with Crippen molar-refractivity contribution in [3.8, 4) is 0 Å². The molecule has 0 atom stereocenters. The van der Waals surface area contributed by atoms with Gasteiger partial charge in [-0.25, -0.2) is 0 Å². The summed E-state index contributed by atoms with van der Waals surface area (Å²) >= 11 is -2.03. The molecule has 0 unspecified atom stereocenters. The molecule has 25 heavy (non-hydrogen) atoms. The van der Waals surface area contributed by atoms with Crippen molar-refractivity contribution >= 4 is 26.5 Å². The van der Waals surface area contributed by atoms with Gasteiger partial charge in [0.15, 0.2) is 0 Å². The van der Waals surface area contributed by atoms with Gasteiger partial charge in [0.25, 0.3) is 0 Å². The molecular weight excluding hydrogens is 423 g/mol. The number of rotatable bonds is 13. The van der Waals surface area contributed by atoms with Gasteiger partial charge >= 0.3 is 166 Å². The summed E-state index contributed by atoms with van der Waals surface area (Å²) in [6, 6.07) is 0. The topological polar surface area (TPSA) is 0 Å². The van der Waals surface area contributed by atoms with Crippen LogP contribution in [0.15, 0.2) is 11.3 Å². The Kier molecular flexibility index (Phi) is 11.7. The molecule has 148 valence electrons. The number of allylic oxidation sites excluding steroid dienone is 2. The van der Waals surface area contributed by atoms with Crippen molar-refractivity contribution in [1.82, 2.24) is 0 Å². The molecule has 0 heterocycles. The predicted octanol–water partition coefficient (Wildman–Crippen LogP) is 8.83. The molecular formula is C23H48SiSn. The maximum atomic E-state index is 2.86. The minimum atomic E-state index is -2.03. The monoisotopic (exact) mass is 472 g/mol. The molecule has 0 radical (unpaired) electrons. The van der Waals surface area contributed by atoms with Crippen molar-refractivity contribution in [2.24, 2.45) is 5.92 Å². The van der Waals surface area contributed by atoms with E-state index in [9.17, 15) is 0 Å². The standard InChI is InChI=1S/C11H21Si.3C4H9.Sn/c1-10(12(2,3)4)9-11-7-5-6-8-11;3*1-3-4-2;/h9,11H,1,5-8H2,2-4H3;3*1,3-4H2,2H3;/b10-9+;;;;. The normalized spacial score (nSPS) is 17.4. The van der Waals surface area contributed by atoms with Crippen LogP contribution in [0.5, 0.6) is 0 Å². The van der Waals surface area contributed by atoms with E-state index < -0.39 is 26.5 Å². The van der Waals surface area contributed by atoms with Crippen LogP contribution < -0.4 is 0 Å². The third-order valence-corrected chi connectivity index (χ3v) is 25.2. The summed E-state index contributed by atoms with van der Waals surface area (Å²) in [5, 5.41) is 2.01. The zero-order chi connectivity index (χ0) is 18.8. The van der Waals surface area contributed by atoms with Gasteiger partial charge in [0.05, 0.1) is 0 Å². The second-order valence-corrected chi connectivity index (χ2v) is 29.0. The Hall–Kier alpha value is 0.756. The number of hydrogen-bond acceptors (Lipinski definition) is 0. The van der Waals surface area contributed by atoms with E-state index >= 15 is 0 Å². The number of hydrogen-bond donors (Lipinski definition) is 0. The molecule has 1 aliphatic carbocycles. The Morgan fingerprint density at radius 3 is 1.64 bits per heavy atom. The SMILES string of the molecule is CCC[CH2][Sn]([CH2]CCC)([CH2]CCC)[CH2]/C(=C\C1CCCC1)[Si](C)(C)C. The van der Waals surface area contributed by atoms with Crippen LogP contribution in [0.3, 0.4) is 0 Å². The second kappa shape index (κ2) is 12.3. The van der Waals surface area contributed by atoms with Crippen molar-refractivity contribution in [3.63, 3.8) is 0 Å². The average molecular weight is 471 g/mol. The van der Waals surface area contributed by atoms with Crippen molar-refractivity contribution < 1.29 is 0 Å². The van der Waals surface area contributed by atoms with Crippen molar-refractivity contribution in [2.75, 3.05) is 0 Å². The Balaban J connectivity index is 3.04. The summed E-state index contributed by atoms with van der Waals surface area (Å²) in [5.74, 6) is 0.939. The predicted molar refractivity (Wildman–Crippen MR) is 123 cm³/mol. The van der Waals surface area contributed by atoms with Crippen LogP contribution in [0, 0.1) is 5.92 Å². The molecule has 1 saturated carbocycles. The van der Waals surface area contributed by atoms with Gasteiger partial charge in [-0.3, -0.25) is 0 Å². The van der Waals surface area contributed by atoms with E-state index in [1.165, 1.54) is 64.2 Å². The molecule has 0 spiro atoms. The van der Waals surface area contributed by atoms with Gasteiger partial charge in [-0.1, -0.05) is 0 Å². The van der Waals surface area contributed by atoms with E-state index in [1.54, 1.807) is 17.7 Å². The van der Waals surface area contributed by atoms with Gasteiger partial charge in [-0.15, -0.1) is 0 Å². The van der Waals surface area contributed by atoms with Gasteiger partial charge < -0.3 is 0 Å². The van der Waals surface area contributed by atoms with Gasteiger partial charge in [0, 0.05) is 0 Å². The average Bonchev–Trinajstić information content (AvgIpc) is 3.07. The summed E-state index contributed by atoms with van der Waals surface area (Å²) in [4.78, 5) is 0. The molecule has 2 heteroatoms. The first kappa shape index (κ1) is 23.8. The third kappa shape index (κ3) is 8.99.